The standard InChI is InChI=1S/C27H32N2O5/c1-2-18(14-25(30)28-15-17-8-7-13-19(17)26(31)32)29-27(33)34-16-24-22-11-5-3-9-20(22)21-10-4-6-12-23(21)24/h3-6,9-12,17-19,24H,2,7-8,13-16H2,1H3,(H,28,30)(H,29,33)(H,31,32)/t17-,18?,19-/m0/s1. The van der Waals surface area contributed by atoms with Gasteiger partial charge in [0, 0.05) is 24.9 Å². The molecule has 34 heavy (non-hydrogen) atoms. The molecule has 2 amide bonds. The Hall–Kier alpha value is -3.35. The summed E-state index contributed by atoms with van der Waals surface area (Å²) in [5.41, 5.74) is 4.63. The fraction of sp³-hybridized carbons (Fsp3) is 0.444. The molecule has 1 unspecified atom stereocenters. The van der Waals surface area contributed by atoms with E-state index in [4.69, 9.17) is 4.74 Å². The molecule has 0 bridgehead atoms. The number of carbonyl (C=O) groups excluding carboxylic acids is 2. The van der Waals surface area contributed by atoms with Crippen LogP contribution in [0.1, 0.15) is 56.1 Å². The van der Waals surface area contributed by atoms with Crippen molar-refractivity contribution in [1.82, 2.24) is 10.6 Å². The number of aliphatic carboxylic acids is 1. The molecule has 3 atom stereocenters. The van der Waals surface area contributed by atoms with E-state index >= 15 is 0 Å². The average molecular weight is 465 g/mol. The molecule has 0 spiro atoms. The number of carbonyl (C=O) groups is 3. The number of alkyl carbamates (subject to hydrolysis) is 1. The van der Waals surface area contributed by atoms with Gasteiger partial charge >= 0.3 is 12.1 Å². The number of amides is 2. The molecule has 2 aromatic carbocycles. The molecule has 0 heterocycles. The van der Waals surface area contributed by atoms with Crippen molar-refractivity contribution in [2.45, 2.75) is 51.0 Å². The molecular weight excluding hydrogens is 432 g/mol. The van der Waals surface area contributed by atoms with Crippen molar-refractivity contribution in [3.8, 4) is 11.1 Å². The fourth-order valence-electron chi connectivity index (χ4n) is 5.25. The van der Waals surface area contributed by atoms with Gasteiger partial charge in [0.2, 0.25) is 5.91 Å². The molecule has 1 fully saturated rings. The lowest BCUT2D eigenvalue weighted by Gasteiger charge is -2.20. The third-order valence-electron chi connectivity index (χ3n) is 7.13. The van der Waals surface area contributed by atoms with E-state index in [9.17, 15) is 19.5 Å². The topological polar surface area (TPSA) is 105 Å². The summed E-state index contributed by atoms with van der Waals surface area (Å²) >= 11 is 0. The van der Waals surface area contributed by atoms with E-state index in [0.717, 1.165) is 24.0 Å². The number of carboxylic acids is 1. The van der Waals surface area contributed by atoms with Crippen molar-refractivity contribution in [3.05, 3.63) is 59.7 Å². The van der Waals surface area contributed by atoms with Gasteiger partial charge in [-0.15, -0.1) is 0 Å². The molecule has 2 aromatic rings. The predicted molar refractivity (Wildman–Crippen MR) is 128 cm³/mol. The van der Waals surface area contributed by atoms with Gasteiger partial charge in [-0.3, -0.25) is 9.59 Å². The van der Waals surface area contributed by atoms with Crippen LogP contribution in [-0.2, 0) is 14.3 Å². The molecular formula is C27H32N2O5. The Morgan fingerprint density at radius 1 is 1.03 bits per heavy atom. The van der Waals surface area contributed by atoms with Crippen molar-refractivity contribution in [3.63, 3.8) is 0 Å². The van der Waals surface area contributed by atoms with Crippen LogP contribution in [0.5, 0.6) is 0 Å². The number of rotatable bonds is 9. The normalized spacial score (nSPS) is 19.7. The van der Waals surface area contributed by atoms with Crippen LogP contribution in [0.2, 0.25) is 0 Å². The molecule has 7 heteroatoms. The zero-order valence-electron chi connectivity index (χ0n) is 19.5. The summed E-state index contributed by atoms with van der Waals surface area (Å²) in [5, 5.41) is 15.0. The van der Waals surface area contributed by atoms with Crippen LogP contribution in [0.15, 0.2) is 48.5 Å². The highest BCUT2D eigenvalue weighted by Gasteiger charge is 2.33. The largest absolute Gasteiger partial charge is 0.481 e. The van der Waals surface area contributed by atoms with Gasteiger partial charge in [-0.25, -0.2) is 4.79 Å². The highest BCUT2D eigenvalue weighted by molar-refractivity contribution is 5.79. The van der Waals surface area contributed by atoms with Crippen LogP contribution in [0.4, 0.5) is 4.79 Å². The van der Waals surface area contributed by atoms with Gasteiger partial charge < -0.3 is 20.5 Å². The lowest BCUT2D eigenvalue weighted by Crippen LogP contribution is -2.41. The Bertz CT molecular complexity index is 1010. The molecule has 0 aromatic heterocycles. The van der Waals surface area contributed by atoms with E-state index in [1.807, 2.05) is 31.2 Å². The number of benzene rings is 2. The summed E-state index contributed by atoms with van der Waals surface area (Å²) < 4.78 is 5.59. The highest BCUT2D eigenvalue weighted by atomic mass is 16.5. The third kappa shape index (κ3) is 5.24. The third-order valence-corrected chi connectivity index (χ3v) is 7.13. The summed E-state index contributed by atoms with van der Waals surface area (Å²) in [5.74, 6) is -1.42. The predicted octanol–water partition coefficient (Wildman–Crippen LogP) is 4.31. The van der Waals surface area contributed by atoms with E-state index in [0.29, 0.717) is 19.4 Å². The average Bonchev–Trinajstić information content (AvgIpc) is 3.44. The number of hydrogen-bond acceptors (Lipinski definition) is 4. The molecule has 0 saturated heterocycles. The molecule has 4 rings (SSSR count). The van der Waals surface area contributed by atoms with Gasteiger partial charge in [0.15, 0.2) is 0 Å². The van der Waals surface area contributed by atoms with Crippen LogP contribution in [-0.4, -0.2) is 42.3 Å². The van der Waals surface area contributed by atoms with Crippen molar-refractivity contribution < 1.29 is 24.2 Å². The maximum atomic E-state index is 12.5. The zero-order chi connectivity index (χ0) is 24.1. The van der Waals surface area contributed by atoms with Crippen LogP contribution in [0, 0.1) is 11.8 Å². The van der Waals surface area contributed by atoms with Crippen molar-refractivity contribution in [2.75, 3.05) is 13.2 Å². The summed E-state index contributed by atoms with van der Waals surface area (Å²) in [6.45, 7) is 2.48. The fourth-order valence-corrected chi connectivity index (χ4v) is 5.25. The second-order valence-electron chi connectivity index (χ2n) is 9.22. The summed E-state index contributed by atoms with van der Waals surface area (Å²) in [7, 11) is 0. The SMILES string of the molecule is CCC(CC(=O)NC[C@@H]1CCC[C@@H]1C(=O)O)NC(=O)OCC1c2ccccc2-c2ccccc21. The van der Waals surface area contributed by atoms with Crippen molar-refractivity contribution >= 4 is 18.0 Å². The smallest absolute Gasteiger partial charge is 0.407 e. The highest BCUT2D eigenvalue weighted by Crippen LogP contribution is 2.44. The summed E-state index contributed by atoms with van der Waals surface area (Å²) in [6.07, 6.45) is 2.52. The number of ether oxygens (including phenoxy) is 1. The summed E-state index contributed by atoms with van der Waals surface area (Å²) in [6, 6.07) is 16.0. The van der Waals surface area contributed by atoms with Gasteiger partial charge in [0.25, 0.3) is 0 Å². The molecule has 2 aliphatic rings. The minimum Gasteiger partial charge on any atom is -0.481 e. The zero-order valence-corrected chi connectivity index (χ0v) is 19.5. The number of hydrogen-bond donors (Lipinski definition) is 3. The van der Waals surface area contributed by atoms with Crippen molar-refractivity contribution in [1.29, 1.82) is 0 Å². The van der Waals surface area contributed by atoms with E-state index < -0.39 is 12.1 Å². The van der Waals surface area contributed by atoms with E-state index in [1.165, 1.54) is 11.1 Å². The van der Waals surface area contributed by atoms with Crippen LogP contribution < -0.4 is 10.6 Å². The molecule has 1 saturated carbocycles. The Morgan fingerprint density at radius 2 is 1.68 bits per heavy atom. The monoisotopic (exact) mass is 464 g/mol. The molecule has 0 aliphatic heterocycles. The van der Waals surface area contributed by atoms with Gasteiger partial charge in [-0.2, -0.15) is 0 Å². The van der Waals surface area contributed by atoms with E-state index in [1.54, 1.807) is 0 Å². The molecule has 0 radical (unpaired) electrons. The second kappa shape index (κ2) is 10.7. The van der Waals surface area contributed by atoms with E-state index in [2.05, 4.69) is 34.9 Å². The molecule has 7 nitrogen and oxygen atoms in total. The first-order valence-electron chi connectivity index (χ1n) is 12.1. The van der Waals surface area contributed by atoms with Crippen molar-refractivity contribution in [2.24, 2.45) is 11.8 Å². The number of carboxylic acid groups (broad SMARTS) is 1. The Balaban J connectivity index is 1.27. The first-order valence-corrected chi connectivity index (χ1v) is 12.1. The van der Waals surface area contributed by atoms with Crippen LogP contribution in [0.3, 0.4) is 0 Å². The lowest BCUT2D eigenvalue weighted by molar-refractivity contribution is -0.143. The quantitative estimate of drug-likeness (QED) is 0.513. The summed E-state index contributed by atoms with van der Waals surface area (Å²) in [4.78, 5) is 36.3. The van der Waals surface area contributed by atoms with Gasteiger partial charge in [-0.1, -0.05) is 61.9 Å². The molecule has 180 valence electrons. The van der Waals surface area contributed by atoms with E-state index in [-0.39, 0.29) is 42.7 Å². The molecule has 2 aliphatic carbocycles. The van der Waals surface area contributed by atoms with Gasteiger partial charge in [0.1, 0.15) is 6.61 Å². The minimum absolute atomic E-state index is 0.0184. The minimum atomic E-state index is -0.792. The Morgan fingerprint density at radius 3 is 2.29 bits per heavy atom. The Labute approximate surface area is 199 Å². The lowest BCUT2D eigenvalue weighted by atomic mass is 9.96. The molecule has 3 N–H and O–H groups in total. The van der Waals surface area contributed by atoms with Gasteiger partial charge in [-0.05, 0) is 47.4 Å². The first kappa shape index (κ1) is 23.8. The second-order valence-corrected chi connectivity index (χ2v) is 9.22. The van der Waals surface area contributed by atoms with Gasteiger partial charge in [0.05, 0.1) is 5.92 Å². The maximum Gasteiger partial charge on any atom is 0.407 e. The number of nitrogens with one attached hydrogen (secondary N) is 2. The maximum absolute atomic E-state index is 12.5. The van der Waals surface area contributed by atoms with Crippen LogP contribution in [0.25, 0.3) is 11.1 Å². The number of fused-ring (bicyclic) bond motifs is 3. The first-order chi connectivity index (χ1) is 16.5. The Kier molecular flexibility index (Phi) is 7.50. The van der Waals surface area contributed by atoms with Crippen LogP contribution >= 0.6 is 0 Å².